The molecule has 298 valence electrons. The van der Waals surface area contributed by atoms with E-state index in [2.05, 4.69) is 54.8 Å². The van der Waals surface area contributed by atoms with Crippen LogP contribution in [0, 0.1) is 0 Å². The molecule has 4 aromatic rings. The van der Waals surface area contributed by atoms with E-state index in [-0.39, 0.29) is 23.9 Å². The summed E-state index contributed by atoms with van der Waals surface area (Å²) in [6, 6.07) is 14.6. The molecule has 0 unspecified atom stereocenters. The second-order valence-electron chi connectivity index (χ2n) is 16.6. The predicted octanol–water partition coefficient (Wildman–Crippen LogP) is 7.29. The van der Waals surface area contributed by atoms with Crippen molar-refractivity contribution in [3.8, 4) is 33.6 Å². The van der Waals surface area contributed by atoms with Gasteiger partial charge in [0.2, 0.25) is 11.8 Å². The molecule has 4 heterocycles. The maximum Gasteiger partial charge on any atom is 0.408 e. The highest BCUT2D eigenvalue weighted by molar-refractivity contribution is 5.86. The molecule has 4 atom stereocenters. The Morgan fingerprint density at radius 3 is 1.30 bits per heavy atom. The zero-order valence-corrected chi connectivity index (χ0v) is 33.6. The first-order valence-electron chi connectivity index (χ1n) is 19.4. The largest absolute Gasteiger partial charge is 0.444 e. The number of H-pyrrole nitrogens is 2. The molecule has 4 N–H and O–H groups in total. The maximum atomic E-state index is 13.3. The van der Waals surface area contributed by atoms with Crippen LogP contribution in [-0.2, 0) is 19.1 Å². The number of rotatable bonds is 9. The molecule has 0 radical (unpaired) electrons. The van der Waals surface area contributed by atoms with E-state index in [1.54, 1.807) is 77.6 Å². The molecular formula is C42H54N8O6. The van der Waals surface area contributed by atoms with Crippen molar-refractivity contribution in [1.29, 1.82) is 0 Å². The Morgan fingerprint density at radius 2 is 0.964 bits per heavy atom. The summed E-state index contributed by atoms with van der Waals surface area (Å²) < 4.78 is 10.7. The number of benzene rings is 2. The van der Waals surface area contributed by atoms with E-state index in [0.29, 0.717) is 24.7 Å². The molecule has 0 aliphatic carbocycles. The fourth-order valence-corrected chi connectivity index (χ4v) is 7.21. The Kier molecular flexibility index (Phi) is 11.6. The number of hydrogen-bond acceptors (Lipinski definition) is 8. The zero-order valence-electron chi connectivity index (χ0n) is 33.6. The van der Waals surface area contributed by atoms with E-state index in [4.69, 9.17) is 9.47 Å². The van der Waals surface area contributed by atoms with Crippen LogP contribution in [-0.4, -0.2) is 90.1 Å². The van der Waals surface area contributed by atoms with Gasteiger partial charge >= 0.3 is 12.2 Å². The number of aromatic nitrogens is 4. The fraction of sp³-hybridized carbons (Fsp3) is 0.476. The van der Waals surface area contributed by atoms with Crippen LogP contribution < -0.4 is 10.6 Å². The van der Waals surface area contributed by atoms with Gasteiger partial charge in [0, 0.05) is 13.1 Å². The minimum atomic E-state index is -0.732. The minimum Gasteiger partial charge on any atom is -0.444 e. The number of alkyl carbamates (subject to hydrolysis) is 2. The first-order valence-corrected chi connectivity index (χ1v) is 19.4. The number of aromatic amines is 2. The van der Waals surface area contributed by atoms with Crippen LogP contribution in [0.5, 0.6) is 0 Å². The third kappa shape index (κ3) is 9.58. The Morgan fingerprint density at radius 1 is 0.625 bits per heavy atom. The van der Waals surface area contributed by atoms with Gasteiger partial charge in [-0.2, -0.15) is 0 Å². The van der Waals surface area contributed by atoms with Crippen LogP contribution in [0.15, 0.2) is 60.9 Å². The number of amides is 4. The van der Waals surface area contributed by atoms with E-state index in [9.17, 15) is 19.2 Å². The van der Waals surface area contributed by atoms with Crippen molar-refractivity contribution < 1.29 is 28.7 Å². The van der Waals surface area contributed by atoms with Gasteiger partial charge < -0.3 is 39.9 Å². The van der Waals surface area contributed by atoms with Gasteiger partial charge in [-0.25, -0.2) is 19.6 Å². The van der Waals surface area contributed by atoms with Crippen LogP contribution >= 0.6 is 0 Å². The molecule has 0 saturated carbocycles. The Balaban J connectivity index is 1.06. The molecule has 2 aromatic heterocycles. The van der Waals surface area contributed by atoms with E-state index in [1.807, 2.05) is 24.3 Å². The topological polar surface area (TPSA) is 175 Å². The minimum absolute atomic E-state index is 0.173. The third-order valence-corrected chi connectivity index (χ3v) is 9.83. The second kappa shape index (κ2) is 16.2. The van der Waals surface area contributed by atoms with Crippen molar-refractivity contribution in [3.63, 3.8) is 0 Å². The maximum absolute atomic E-state index is 13.3. The second-order valence-corrected chi connectivity index (χ2v) is 16.6. The van der Waals surface area contributed by atoms with Crippen molar-refractivity contribution in [2.24, 2.45) is 0 Å². The molecule has 2 aromatic carbocycles. The summed E-state index contributed by atoms with van der Waals surface area (Å²) in [5.74, 6) is 1.09. The van der Waals surface area contributed by atoms with Gasteiger partial charge in [-0.3, -0.25) is 9.59 Å². The van der Waals surface area contributed by atoms with Crippen LogP contribution in [0.2, 0.25) is 0 Å². The van der Waals surface area contributed by atoms with Gasteiger partial charge in [-0.05, 0) is 103 Å². The number of nitrogens with zero attached hydrogens (tertiary/aromatic N) is 4. The van der Waals surface area contributed by atoms with E-state index >= 15 is 0 Å². The molecule has 2 fully saturated rings. The highest BCUT2D eigenvalue weighted by atomic mass is 16.6. The number of hydrogen-bond donors (Lipinski definition) is 4. The highest BCUT2D eigenvalue weighted by Gasteiger charge is 2.36. The lowest BCUT2D eigenvalue weighted by Gasteiger charge is -2.27. The van der Waals surface area contributed by atoms with Crippen LogP contribution in [0.4, 0.5) is 9.59 Å². The third-order valence-electron chi connectivity index (χ3n) is 9.83. The smallest absolute Gasteiger partial charge is 0.408 e. The summed E-state index contributed by atoms with van der Waals surface area (Å²) in [7, 11) is 0. The average molecular weight is 767 g/mol. The summed E-state index contributed by atoms with van der Waals surface area (Å²) in [6.45, 7) is 15.2. The zero-order chi connectivity index (χ0) is 40.4. The first-order chi connectivity index (χ1) is 26.5. The highest BCUT2D eigenvalue weighted by Crippen LogP contribution is 2.34. The van der Waals surface area contributed by atoms with E-state index in [0.717, 1.165) is 59.3 Å². The molecule has 14 heteroatoms. The number of carbonyl (C=O) groups is 4. The number of nitrogens with one attached hydrogen (secondary N) is 4. The molecule has 14 nitrogen and oxygen atoms in total. The SMILES string of the molecule is C[C@H](NC(=O)OC(C)(C)C)C(=O)N1CCC[C@H]1c1ncc(-c2ccc(-c3ccc(-c4cnc([C@@H]5CCCN5C(=O)[C@H](C)NC(=O)OC(C)(C)C)[nH]4)cc3)cc2)[nH]1. The number of likely N-dealkylation sites (tertiary alicyclic amines) is 2. The summed E-state index contributed by atoms with van der Waals surface area (Å²) in [4.78, 5) is 70.9. The molecular weight excluding hydrogens is 713 g/mol. The van der Waals surface area contributed by atoms with Crippen molar-refractivity contribution in [2.45, 2.75) is 116 Å². The van der Waals surface area contributed by atoms with Gasteiger partial charge in [0.05, 0.1) is 35.9 Å². The van der Waals surface area contributed by atoms with Crippen LogP contribution in [0.3, 0.4) is 0 Å². The lowest BCUT2D eigenvalue weighted by molar-refractivity contribution is -0.134. The quantitative estimate of drug-likeness (QED) is 0.137. The van der Waals surface area contributed by atoms with Crippen molar-refractivity contribution in [1.82, 2.24) is 40.4 Å². The van der Waals surface area contributed by atoms with E-state index < -0.39 is 35.5 Å². The van der Waals surface area contributed by atoms with Crippen molar-refractivity contribution in [3.05, 3.63) is 72.6 Å². The summed E-state index contributed by atoms with van der Waals surface area (Å²) in [5, 5.41) is 5.32. The van der Waals surface area contributed by atoms with Gasteiger partial charge in [0.25, 0.3) is 0 Å². The number of imidazole rings is 2. The lowest BCUT2D eigenvalue weighted by atomic mass is 10.0. The standard InChI is InChI=1S/C42H54N8O6/c1-25(45-39(53)55-41(3,4)5)37(51)49-21-9-11-33(49)35-43-23-31(47-35)29-17-13-27(14-18-29)28-15-19-30(20-16-28)32-24-44-36(48-32)34-12-10-22-50(34)38(52)26(2)46-40(54)56-42(6,7)8/h13-20,23-26,33-34H,9-12,21-22H2,1-8H3,(H,43,47)(H,44,48)(H,45,53)(H,46,54)/t25-,26-,33-,34-/m0/s1. The predicted molar refractivity (Wildman–Crippen MR) is 212 cm³/mol. The Labute approximate surface area is 328 Å². The van der Waals surface area contributed by atoms with Crippen LogP contribution in [0.25, 0.3) is 33.6 Å². The normalized spacial score (nSPS) is 18.4. The van der Waals surface area contributed by atoms with E-state index in [1.165, 1.54) is 0 Å². The molecule has 56 heavy (non-hydrogen) atoms. The van der Waals surface area contributed by atoms with Gasteiger partial charge in [-0.1, -0.05) is 48.5 Å². The Bertz CT molecular complexity index is 1880. The molecule has 2 aliphatic heterocycles. The van der Waals surface area contributed by atoms with Crippen molar-refractivity contribution in [2.75, 3.05) is 13.1 Å². The van der Waals surface area contributed by atoms with Crippen LogP contribution in [0.1, 0.15) is 105 Å². The molecule has 0 spiro atoms. The molecule has 0 bridgehead atoms. The fourth-order valence-electron chi connectivity index (χ4n) is 7.21. The average Bonchev–Trinajstić information content (AvgIpc) is 3.96. The molecule has 2 aliphatic rings. The van der Waals surface area contributed by atoms with Gasteiger partial charge in [-0.15, -0.1) is 0 Å². The Hall–Kier alpha value is -5.66. The number of carbonyl (C=O) groups excluding carboxylic acids is 4. The monoisotopic (exact) mass is 766 g/mol. The summed E-state index contributed by atoms with van der Waals surface area (Å²) in [5.41, 5.74) is 4.45. The van der Waals surface area contributed by atoms with Gasteiger partial charge in [0.15, 0.2) is 0 Å². The number of ether oxygens (including phenoxy) is 2. The van der Waals surface area contributed by atoms with Gasteiger partial charge in [0.1, 0.15) is 34.9 Å². The van der Waals surface area contributed by atoms with Crippen molar-refractivity contribution >= 4 is 24.0 Å². The first kappa shape index (κ1) is 40.0. The summed E-state index contributed by atoms with van der Waals surface area (Å²) in [6.07, 6.45) is 5.59. The molecule has 6 rings (SSSR count). The summed E-state index contributed by atoms with van der Waals surface area (Å²) >= 11 is 0. The lowest BCUT2D eigenvalue weighted by Crippen LogP contribution is -2.48. The molecule has 2 saturated heterocycles. The molecule has 4 amide bonds.